The van der Waals surface area contributed by atoms with Crippen molar-refractivity contribution in [2.75, 3.05) is 33.9 Å². The molecule has 0 bridgehead atoms. The molecule has 0 radical (unpaired) electrons. The standard InChI is InChI=1S/C24H29N3O2.2C2H2O4/c1-28-23-12-18-9-11-27(16-21(18)13-24(23)29-2)22-8-5-10-26(17-22)15-20-7-4-3-6-19(20)14-25;2*3-1(4)2(5)6/h3-4,6-7,12-13,22H,5,8-11,15-17H2,1-2H3;2*(H,3,4)(H,5,6). The summed E-state index contributed by atoms with van der Waals surface area (Å²) in [4.78, 5) is 39.3. The summed E-state index contributed by atoms with van der Waals surface area (Å²) in [7, 11) is 3.41. The van der Waals surface area contributed by atoms with Crippen molar-refractivity contribution in [2.24, 2.45) is 0 Å². The second-order valence-corrected chi connectivity index (χ2v) is 9.49. The lowest BCUT2D eigenvalue weighted by Crippen LogP contribution is -3.24. The van der Waals surface area contributed by atoms with Crippen molar-refractivity contribution in [3.05, 3.63) is 58.7 Å². The van der Waals surface area contributed by atoms with Gasteiger partial charge in [0.2, 0.25) is 0 Å². The van der Waals surface area contributed by atoms with Crippen molar-refractivity contribution in [1.29, 1.82) is 5.26 Å². The lowest BCUT2D eigenvalue weighted by Gasteiger charge is -2.37. The smallest absolute Gasteiger partial charge is 0.351 e. The van der Waals surface area contributed by atoms with Gasteiger partial charge in [-0.1, -0.05) is 18.2 Å². The average molecular weight is 572 g/mol. The average Bonchev–Trinajstić information content (AvgIpc) is 2.97. The Hall–Kier alpha value is -4.67. The highest BCUT2D eigenvalue weighted by Gasteiger charge is 2.34. The molecule has 0 amide bonds. The minimum Gasteiger partial charge on any atom is -0.539 e. The van der Waals surface area contributed by atoms with E-state index in [4.69, 9.17) is 49.1 Å². The highest BCUT2D eigenvalue weighted by Crippen LogP contribution is 2.31. The first-order chi connectivity index (χ1) is 19.5. The third kappa shape index (κ3) is 9.79. The van der Waals surface area contributed by atoms with E-state index in [0.717, 1.165) is 36.6 Å². The second-order valence-electron chi connectivity index (χ2n) is 9.49. The molecule has 41 heavy (non-hydrogen) atoms. The zero-order valence-corrected chi connectivity index (χ0v) is 22.8. The Morgan fingerprint density at radius 2 is 1.54 bits per heavy atom. The minimum absolute atomic E-state index is 0.675. The van der Waals surface area contributed by atoms with E-state index in [1.54, 1.807) is 24.0 Å². The predicted molar refractivity (Wildman–Crippen MR) is 137 cm³/mol. The SMILES string of the molecule is COc1cc2c(cc1OC)C[NH+](C1CCC[NH+](Cc3ccccc3C#N)C1)CC2.O=C([O-])C(=O)O.O=C([O-])C(=O)O. The van der Waals surface area contributed by atoms with E-state index in [-0.39, 0.29) is 0 Å². The van der Waals surface area contributed by atoms with Gasteiger partial charge in [0.15, 0.2) is 23.4 Å². The largest absolute Gasteiger partial charge is 0.539 e. The second kappa shape index (κ2) is 15.8. The fourth-order valence-corrected chi connectivity index (χ4v) is 5.05. The number of nitriles is 1. The van der Waals surface area contributed by atoms with Crippen LogP contribution in [-0.2, 0) is 38.7 Å². The number of fused-ring (bicyclic) bond motifs is 1. The molecule has 2 aliphatic rings. The van der Waals surface area contributed by atoms with Crippen LogP contribution in [0, 0.1) is 11.3 Å². The number of ether oxygens (including phenoxy) is 2. The third-order valence-electron chi connectivity index (χ3n) is 6.96. The van der Waals surface area contributed by atoms with E-state index in [2.05, 4.69) is 24.3 Å². The number of hydrogen-bond donors (Lipinski definition) is 4. The number of aliphatic carboxylic acids is 4. The zero-order valence-electron chi connectivity index (χ0n) is 22.8. The van der Waals surface area contributed by atoms with Crippen LogP contribution in [0.2, 0.25) is 0 Å². The van der Waals surface area contributed by atoms with Gasteiger partial charge in [0.1, 0.15) is 25.7 Å². The van der Waals surface area contributed by atoms with Gasteiger partial charge in [-0.15, -0.1) is 0 Å². The number of carbonyl (C=O) groups excluding carboxylic acids is 2. The molecular weight excluding hydrogens is 538 g/mol. The molecule has 2 aliphatic heterocycles. The lowest BCUT2D eigenvalue weighted by atomic mass is 9.95. The van der Waals surface area contributed by atoms with Crippen LogP contribution in [0.25, 0.3) is 0 Å². The molecule has 4 rings (SSSR count). The number of piperidine rings is 1. The highest BCUT2D eigenvalue weighted by atomic mass is 16.5. The van der Waals surface area contributed by atoms with Crippen molar-refractivity contribution in [1.82, 2.24) is 0 Å². The van der Waals surface area contributed by atoms with Crippen molar-refractivity contribution < 1.29 is 58.9 Å². The normalized spacial score (nSPS) is 18.9. The number of carbonyl (C=O) groups is 4. The van der Waals surface area contributed by atoms with Crippen molar-refractivity contribution >= 4 is 23.9 Å². The molecule has 3 unspecified atom stereocenters. The molecule has 13 nitrogen and oxygen atoms in total. The maximum absolute atomic E-state index is 9.39. The van der Waals surface area contributed by atoms with E-state index in [1.807, 2.05) is 18.2 Å². The summed E-state index contributed by atoms with van der Waals surface area (Å²) in [5, 5.41) is 42.0. The van der Waals surface area contributed by atoms with Gasteiger partial charge in [0.05, 0.1) is 38.9 Å². The van der Waals surface area contributed by atoms with Gasteiger partial charge in [0, 0.05) is 30.4 Å². The van der Waals surface area contributed by atoms with Gasteiger partial charge < -0.3 is 49.3 Å². The first kappa shape index (κ1) is 32.5. The summed E-state index contributed by atoms with van der Waals surface area (Å²) in [6.45, 7) is 5.57. The number of carboxylic acids is 4. The van der Waals surface area contributed by atoms with E-state index < -0.39 is 23.9 Å². The Labute approximate surface area is 236 Å². The van der Waals surface area contributed by atoms with Crippen molar-refractivity contribution in [3.63, 3.8) is 0 Å². The van der Waals surface area contributed by atoms with Gasteiger partial charge in [-0.05, 0) is 23.8 Å². The molecule has 2 aromatic carbocycles. The van der Waals surface area contributed by atoms with Crippen LogP contribution in [0.15, 0.2) is 36.4 Å². The molecule has 1 fully saturated rings. The summed E-state index contributed by atoms with van der Waals surface area (Å²) in [6.07, 6.45) is 3.65. The van der Waals surface area contributed by atoms with Gasteiger partial charge in [-0.2, -0.15) is 5.26 Å². The van der Waals surface area contributed by atoms with E-state index in [9.17, 15) is 5.26 Å². The fraction of sp³-hybridized carbons (Fsp3) is 0.393. The third-order valence-corrected chi connectivity index (χ3v) is 6.96. The van der Waals surface area contributed by atoms with Crippen LogP contribution in [0.5, 0.6) is 11.5 Å². The predicted octanol–water partition coefficient (Wildman–Crippen LogP) is -3.59. The molecular formula is C28H33N3O10. The number of nitrogens with one attached hydrogen (secondary N) is 2. The first-order valence-corrected chi connectivity index (χ1v) is 12.8. The van der Waals surface area contributed by atoms with Crippen LogP contribution in [-0.4, -0.2) is 74.0 Å². The molecule has 2 aromatic rings. The van der Waals surface area contributed by atoms with Gasteiger partial charge in [-0.25, -0.2) is 9.59 Å². The van der Waals surface area contributed by atoms with E-state index >= 15 is 0 Å². The van der Waals surface area contributed by atoms with Gasteiger partial charge in [-0.3, -0.25) is 0 Å². The maximum Gasteiger partial charge on any atom is 0.351 e. The van der Waals surface area contributed by atoms with Crippen LogP contribution >= 0.6 is 0 Å². The summed E-state index contributed by atoms with van der Waals surface area (Å²) >= 11 is 0. The molecule has 0 saturated carbocycles. The van der Waals surface area contributed by atoms with E-state index in [0.29, 0.717) is 6.04 Å². The number of quaternary nitrogens is 2. The van der Waals surface area contributed by atoms with Crippen LogP contribution < -0.4 is 29.5 Å². The Balaban J connectivity index is 0.000000413. The number of likely N-dealkylation sites (tertiary alicyclic amines) is 1. The fourth-order valence-electron chi connectivity index (χ4n) is 5.05. The maximum atomic E-state index is 9.39. The van der Waals surface area contributed by atoms with Crippen molar-refractivity contribution in [3.8, 4) is 17.6 Å². The highest BCUT2D eigenvalue weighted by molar-refractivity contribution is 6.26. The number of hydrogen-bond acceptors (Lipinski definition) is 9. The molecule has 1 saturated heterocycles. The van der Waals surface area contributed by atoms with Crippen LogP contribution in [0.3, 0.4) is 0 Å². The summed E-state index contributed by atoms with van der Waals surface area (Å²) in [5.41, 5.74) is 4.80. The topological polar surface area (TPSA) is 206 Å². The Morgan fingerprint density at radius 3 is 2.07 bits per heavy atom. The quantitative estimate of drug-likeness (QED) is 0.258. The lowest BCUT2D eigenvalue weighted by molar-refractivity contribution is -0.998. The van der Waals surface area contributed by atoms with E-state index in [1.165, 1.54) is 49.2 Å². The monoisotopic (exact) mass is 571 g/mol. The molecule has 4 N–H and O–H groups in total. The molecule has 0 spiro atoms. The van der Waals surface area contributed by atoms with Gasteiger partial charge >= 0.3 is 11.9 Å². The number of rotatable bonds is 5. The zero-order chi connectivity index (χ0) is 30.5. The van der Waals surface area contributed by atoms with Crippen molar-refractivity contribution in [2.45, 2.75) is 38.4 Å². The summed E-state index contributed by atoms with van der Waals surface area (Å²) in [5.74, 6) is -6.36. The number of carboxylic acid groups (broad SMARTS) is 4. The van der Waals surface area contributed by atoms with Gasteiger partial charge in [0.25, 0.3) is 0 Å². The molecule has 0 aromatic heterocycles. The molecule has 3 atom stereocenters. The first-order valence-electron chi connectivity index (χ1n) is 12.8. The summed E-state index contributed by atoms with van der Waals surface area (Å²) in [6, 6.07) is 15.4. The number of methoxy groups -OCH3 is 2. The molecule has 220 valence electrons. The van der Waals surface area contributed by atoms with Crippen LogP contribution in [0.4, 0.5) is 0 Å². The summed E-state index contributed by atoms with van der Waals surface area (Å²) < 4.78 is 11.0. The molecule has 2 heterocycles. The molecule has 13 heteroatoms. The Morgan fingerprint density at radius 1 is 0.976 bits per heavy atom. The number of nitrogens with zero attached hydrogens (tertiary/aromatic N) is 1. The number of benzene rings is 2. The van der Waals surface area contributed by atoms with Crippen LogP contribution in [0.1, 0.15) is 35.1 Å². The molecule has 0 aliphatic carbocycles. The Bertz CT molecular complexity index is 1240. The Kier molecular flexibility index (Phi) is 12.5. The minimum atomic E-state index is -2.07.